The molecule has 0 fully saturated rings. The molecule has 0 radical (unpaired) electrons. The molecular weight excluding hydrogens is 1350 g/mol. The van der Waals surface area contributed by atoms with Crippen molar-refractivity contribution >= 4 is 43.6 Å². The highest BCUT2D eigenvalue weighted by atomic mass is 15.0. The summed E-state index contributed by atoms with van der Waals surface area (Å²) in [5.74, 6) is 3.70. The van der Waals surface area contributed by atoms with E-state index >= 15 is 0 Å². The number of hydrogen-bond acceptors (Lipinski definition) is 6. The number of fused-ring (bicyclic) bond motifs is 16. The minimum Gasteiger partial charge on any atom is -0.309 e. The molecule has 22 rings (SSSR count). The van der Waals surface area contributed by atoms with Crippen molar-refractivity contribution in [3.63, 3.8) is 0 Å². The Kier molecular flexibility index (Phi) is 14.7. The molecule has 4 aromatic heterocycles. The first-order valence-corrected chi connectivity index (χ1v) is 37.7. The van der Waals surface area contributed by atoms with E-state index in [9.17, 15) is 0 Å². The van der Waals surface area contributed by atoms with Gasteiger partial charge in [-0.3, -0.25) is 0 Å². The Labute approximate surface area is 641 Å². The van der Waals surface area contributed by atoms with Crippen LogP contribution < -0.4 is 0 Å². The Morgan fingerprint density at radius 2 is 0.459 bits per heavy atom. The van der Waals surface area contributed by atoms with Crippen LogP contribution in [0.15, 0.2) is 388 Å². The van der Waals surface area contributed by atoms with Gasteiger partial charge in [-0.1, -0.05) is 315 Å². The Balaban J connectivity index is 0.728. The molecule has 0 bridgehead atoms. The number of hydrogen-bond donors (Lipinski definition) is 0. The fourth-order valence-electron chi connectivity index (χ4n) is 17.7. The van der Waals surface area contributed by atoms with Crippen LogP contribution in [0.2, 0.25) is 0 Å². The Morgan fingerprint density at radius 1 is 0.171 bits per heavy atom. The summed E-state index contributed by atoms with van der Waals surface area (Å²) in [6.07, 6.45) is 0. The van der Waals surface area contributed by atoms with Gasteiger partial charge < -0.3 is 9.13 Å². The van der Waals surface area contributed by atoms with Crippen LogP contribution in [0.1, 0.15) is 22.3 Å². The van der Waals surface area contributed by atoms with Crippen molar-refractivity contribution in [2.45, 2.75) is 5.41 Å². The van der Waals surface area contributed by atoms with E-state index in [4.69, 9.17) is 29.9 Å². The van der Waals surface area contributed by atoms with Crippen molar-refractivity contribution < 1.29 is 0 Å². The van der Waals surface area contributed by atoms with Crippen LogP contribution in [0.5, 0.6) is 0 Å². The molecule has 20 aromatic rings. The van der Waals surface area contributed by atoms with Crippen molar-refractivity contribution in [3.8, 4) is 146 Å². The summed E-state index contributed by atoms with van der Waals surface area (Å²) in [7, 11) is 0. The Hall–Kier alpha value is -14.9. The molecule has 16 aromatic carbocycles. The summed E-state index contributed by atoms with van der Waals surface area (Å²) in [6, 6.07) is 140. The van der Waals surface area contributed by atoms with Gasteiger partial charge in [-0.25, -0.2) is 29.9 Å². The lowest BCUT2D eigenvalue weighted by atomic mass is 9.70. The number of nitrogens with zero attached hydrogens (tertiary/aromatic N) is 8. The number of benzene rings is 16. The van der Waals surface area contributed by atoms with Crippen LogP contribution in [0, 0.1) is 0 Å². The highest BCUT2D eigenvalue weighted by Crippen LogP contribution is 2.64. The highest BCUT2D eigenvalue weighted by molar-refractivity contribution is 6.18. The van der Waals surface area contributed by atoms with E-state index in [1.807, 2.05) is 72.8 Å². The molecule has 0 unspecified atom stereocenters. The second-order valence-corrected chi connectivity index (χ2v) is 28.8. The molecule has 0 amide bonds. The van der Waals surface area contributed by atoms with Gasteiger partial charge in [0.05, 0.1) is 27.5 Å². The number of aromatic nitrogens is 8. The molecule has 0 atom stereocenters. The molecule has 516 valence electrons. The average molecular weight is 1410 g/mol. The topological polar surface area (TPSA) is 87.2 Å². The SMILES string of the molecule is c1ccc(-c2ccc3c(c2)c2c(-c4cccc(-c5nc(-c6ccccc6)nc(-c6ccccc6)n5)c4)cccc2n3-c2ccc3c(c2)C2(c4ccccc4-c4ccccc42)c2cc(-n4c5ccc(-c6ccccc6)cc5c5c(-c6cccc(-c7nc(-c8ccccc8)nc(-c8ccccc8)n7)c6)cccc54)ccc2-3)cc1. The maximum atomic E-state index is 5.20. The Bertz CT molecular complexity index is 6570. The van der Waals surface area contributed by atoms with Crippen LogP contribution in [-0.4, -0.2) is 39.0 Å². The first-order chi connectivity index (χ1) is 55.0. The summed E-state index contributed by atoms with van der Waals surface area (Å²) >= 11 is 0. The lowest BCUT2D eigenvalue weighted by molar-refractivity contribution is 0.791. The maximum absolute atomic E-state index is 5.20. The summed E-state index contributed by atoms with van der Waals surface area (Å²) in [5.41, 5.74) is 30.2. The zero-order valence-electron chi connectivity index (χ0n) is 60.0. The Morgan fingerprint density at radius 3 is 0.829 bits per heavy atom. The molecule has 4 heterocycles. The number of rotatable bonds is 12. The molecule has 0 saturated carbocycles. The third-order valence-corrected chi connectivity index (χ3v) is 22.6. The van der Waals surface area contributed by atoms with E-state index in [1.54, 1.807) is 0 Å². The van der Waals surface area contributed by atoms with E-state index in [1.165, 1.54) is 44.5 Å². The minimum atomic E-state index is -0.717. The van der Waals surface area contributed by atoms with Gasteiger partial charge in [0, 0.05) is 66.3 Å². The molecule has 111 heavy (non-hydrogen) atoms. The lowest BCUT2D eigenvalue weighted by Crippen LogP contribution is -2.26. The van der Waals surface area contributed by atoms with Gasteiger partial charge in [-0.2, -0.15) is 0 Å². The van der Waals surface area contributed by atoms with E-state index in [2.05, 4.69) is 325 Å². The van der Waals surface area contributed by atoms with E-state index in [-0.39, 0.29) is 0 Å². The second kappa shape index (κ2) is 25.7. The summed E-state index contributed by atoms with van der Waals surface area (Å²) < 4.78 is 5.02. The molecule has 8 nitrogen and oxygen atoms in total. The predicted octanol–water partition coefficient (Wildman–Crippen LogP) is 25.3. The van der Waals surface area contributed by atoms with Gasteiger partial charge in [0.15, 0.2) is 34.9 Å². The van der Waals surface area contributed by atoms with Crippen LogP contribution in [0.25, 0.3) is 190 Å². The van der Waals surface area contributed by atoms with Gasteiger partial charge >= 0.3 is 0 Å². The van der Waals surface area contributed by atoms with Crippen LogP contribution >= 0.6 is 0 Å². The van der Waals surface area contributed by atoms with Gasteiger partial charge in [-0.15, -0.1) is 0 Å². The van der Waals surface area contributed by atoms with Gasteiger partial charge in [0.25, 0.3) is 0 Å². The summed E-state index contributed by atoms with van der Waals surface area (Å²) in [4.78, 5) is 30.9. The van der Waals surface area contributed by atoms with Gasteiger partial charge in [-0.05, 0) is 162 Å². The summed E-state index contributed by atoms with van der Waals surface area (Å²) in [5, 5.41) is 4.62. The van der Waals surface area contributed by atoms with Crippen molar-refractivity contribution in [3.05, 3.63) is 411 Å². The third-order valence-electron chi connectivity index (χ3n) is 22.6. The average Bonchev–Trinajstić information content (AvgIpc) is 1.50. The molecule has 0 N–H and O–H groups in total. The highest BCUT2D eigenvalue weighted by Gasteiger charge is 2.52. The van der Waals surface area contributed by atoms with Crippen LogP contribution in [-0.2, 0) is 5.41 Å². The monoisotopic (exact) mass is 1410 g/mol. The molecule has 1 spiro atoms. The van der Waals surface area contributed by atoms with Gasteiger partial charge in [0.2, 0.25) is 0 Å². The lowest BCUT2D eigenvalue weighted by Gasteiger charge is -2.31. The quantitative estimate of drug-likeness (QED) is 0.121. The molecular formula is C103H64N8. The van der Waals surface area contributed by atoms with Crippen molar-refractivity contribution in [2.24, 2.45) is 0 Å². The molecule has 8 heteroatoms. The molecule has 0 aliphatic heterocycles. The fraction of sp³-hybridized carbons (Fsp3) is 0.00971. The van der Waals surface area contributed by atoms with E-state index < -0.39 is 5.41 Å². The normalized spacial score (nSPS) is 12.4. The smallest absolute Gasteiger partial charge is 0.164 e. The third kappa shape index (κ3) is 10.3. The predicted molar refractivity (Wildman–Crippen MR) is 453 cm³/mol. The van der Waals surface area contributed by atoms with Gasteiger partial charge in [0.1, 0.15) is 0 Å². The first-order valence-electron chi connectivity index (χ1n) is 37.7. The summed E-state index contributed by atoms with van der Waals surface area (Å²) in [6.45, 7) is 0. The fourth-order valence-corrected chi connectivity index (χ4v) is 17.7. The standard InChI is InChI=1S/C103H64N8/c1-7-27-65(28-8-1)71-51-57-91-85(61-71)95-79(73-39-23-41-75(59-73)101-106-97(67-31-11-3-12-32-67)104-98(107-101)68-33-13-4-14-34-68)45-25-49-93(95)110(91)77-53-55-83-84-56-54-78(64-90(84)103(89(83)63-77)87-47-21-19-43-81(87)82-44-20-22-48-88(82)103)111-92-58-52-72(66-29-9-2-10-30-66)62-86(92)96-80(46-26-50-94(96)111)74-40-24-42-76(60-74)102-108-99(69-35-15-5-16-36-69)105-100(109-102)70-37-17-6-18-38-70/h1-64H. The van der Waals surface area contributed by atoms with Crippen LogP contribution in [0.3, 0.4) is 0 Å². The molecule has 2 aliphatic carbocycles. The minimum absolute atomic E-state index is 0.606. The molecule has 2 aliphatic rings. The van der Waals surface area contributed by atoms with Crippen molar-refractivity contribution in [1.29, 1.82) is 0 Å². The van der Waals surface area contributed by atoms with E-state index in [0.717, 1.165) is 133 Å². The first kappa shape index (κ1) is 63.4. The molecule has 0 saturated heterocycles. The van der Waals surface area contributed by atoms with Crippen molar-refractivity contribution in [2.75, 3.05) is 0 Å². The van der Waals surface area contributed by atoms with Crippen molar-refractivity contribution in [1.82, 2.24) is 39.0 Å². The zero-order valence-corrected chi connectivity index (χ0v) is 60.0. The van der Waals surface area contributed by atoms with E-state index in [0.29, 0.717) is 34.9 Å². The van der Waals surface area contributed by atoms with Crippen LogP contribution in [0.4, 0.5) is 0 Å². The largest absolute Gasteiger partial charge is 0.309 e. The second-order valence-electron chi connectivity index (χ2n) is 28.8. The zero-order chi connectivity index (χ0) is 73.1. The maximum Gasteiger partial charge on any atom is 0.164 e.